The molecule has 2 atom stereocenters. The van der Waals surface area contributed by atoms with Gasteiger partial charge in [0.25, 0.3) is 11.8 Å². The van der Waals surface area contributed by atoms with Crippen molar-refractivity contribution < 1.29 is 9.59 Å². The molecule has 1 aliphatic rings. The molecule has 7 nitrogen and oxygen atoms in total. The number of aromatic nitrogens is 1. The summed E-state index contributed by atoms with van der Waals surface area (Å²) < 4.78 is 2.68. The number of carbonyl (C=O) groups excluding carboxylic acids is 2. The molecule has 0 bridgehead atoms. The van der Waals surface area contributed by atoms with E-state index in [1.807, 2.05) is 121 Å². The van der Waals surface area contributed by atoms with Gasteiger partial charge in [0.15, 0.2) is 0 Å². The first-order valence-corrected chi connectivity index (χ1v) is 14.4. The van der Waals surface area contributed by atoms with Crippen molar-refractivity contribution in [1.82, 2.24) is 15.3 Å². The maximum absolute atomic E-state index is 13.7. The van der Waals surface area contributed by atoms with Gasteiger partial charge in [-0.1, -0.05) is 106 Å². The molecule has 8 heteroatoms. The number of fused-ring (bicyclic) bond motifs is 1. The molecule has 2 N–H and O–H groups in total. The van der Waals surface area contributed by atoms with Gasteiger partial charge in [0.05, 0.1) is 12.3 Å². The third-order valence-electron chi connectivity index (χ3n) is 7.28. The predicted molar refractivity (Wildman–Crippen MR) is 170 cm³/mol. The second-order valence-corrected chi connectivity index (χ2v) is 11.1. The van der Waals surface area contributed by atoms with Crippen molar-refractivity contribution in [1.29, 1.82) is 0 Å². The zero-order chi connectivity index (χ0) is 29.1. The fourth-order valence-corrected chi connectivity index (χ4v) is 5.57. The van der Waals surface area contributed by atoms with E-state index in [1.165, 1.54) is 0 Å². The van der Waals surface area contributed by atoms with Gasteiger partial charge in [-0.3, -0.25) is 14.6 Å². The van der Waals surface area contributed by atoms with Gasteiger partial charge in [0.1, 0.15) is 18.3 Å². The lowest BCUT2D eigenvalue weighted by Gasteiger charge is -2.31. The van der Waals surface area contributed by atoms with E-state index in [1.54, 1.807) is 6.21 Å². The lowest BCUT2D eigenvalue weighted by Crippen LogP contribution is -2.42. The summed E-state index contributed by atoms with van der Waals surface area (Å²) in [6.45, 7) is 2.04. The van der Waals surface area contributed by atoms with E-state index in [2.05, 4.69) is 31.8 Å². The molecule has 1 aromatic heterocycles. The molecule has 208 valence electrons. The standard InChI is InChI=1S/C34H28BrN5O2/c1-22-12-14-23(15-13-22)19-36-39-30(41)21-40-20-28(27-18-26(35)16-17-29(27)40)33-34(42)38-32(25-10-6-3-7-11-25)31(37-33)24-8-4-2-5-9-24/h2-20,31-32H,21H2,1H3,(H,38,42)(H,39,41)/b36-19+/t31-,32-/m0/s1. The molecule has 1 aliphatic heterocycles. The molecule has 2 amide bonds. The Morgan fingerprint density at radius 1 is 0.976 bits per heavy atom. The van der Waals surface area contributed by atoms with E-state index in [-0.39, 0.29) is 30.4 Å². The van der Waals surface area contributed by atoms with Gasteiger partial charge in [0.2, 0.25) is 0 Å². The second kappa shape index (κ2) is 12.0. The molecule has 0 spiro atoms. The van der Waals surface area contributed by atoms with Gasteiger partial charge in [-0.15, -0.1) is 0 Å². The molecule has 4 aromatic carbocycles. The van der Waals surface area contributed by atoms with Crippen molar-refractivity contribution >= 4 is 50.6 Å². The molecular weight excluding hydrogens is 590 g/mol. The van der Waals surface area contributed by atoms with E-state index in [4.69, 9.17) is 4.99 Å². The monoisotopic (exact) mass is 617 g/mol. The Morgan fingerprint density at radius 3 is 2.38 bits per heavy atom. The van der Waals surface area contributed by atoms with Crippen LogP contribution in [0, 0.1) is 6.92 Å². The topological polar surface area (TPSA) is 87.8 Å². The molecule has 0 unspecified atom stereocenters. The van der Waals surface area contributed by atoms with Gasteiger partial charge in [-0.2, -0.15) is 5.10 Å². The molecule has 5 aromatic rings. The van der Waals surface area contributed by atoms with Crippen LogP contribution in [-0.2, 0) is 16.1 Å². The number of halogens is 1. The molecule has 0 fully saturated rings. The minimum Gasteiger partial charge on any atom is -0.341 e. The van der Waals surface area contributed by atoms with Crippen LogP contribution in [0.4, 0.5) is 0 Å². The van der Waals surface area contributed by atoms with E-state index >= 15 is 0 Å². The fourth-order valence-electron chi connectivity index (χ4n) is 5.21. The van der Waals surface area contributed by atoms with Crippen LogP contribution >= 0.6 is 15.9 Å². The maximum Gasteiger partial charge on any atom is 0.270 e. The first kappa shape index (κ1) is 27.4. The number of hydrogen-bond donors (Lipinski definition) is 2. The summed E-state index contributed by atoms with van der Waals surface area (Å²) in [5.74, 6) is -0.548. The third kappa shape index (κ3) is 5.80. The molecule has 0 radical (unpaired) electrons. The number of rotatable bonds is 7. The third-order valence-corrected chi connectivity index (χ3v) is 7.77. The average molecular weight is 619 g/mol. The highest BCUT2D eigenvalue weighted by atomic mass is 79.9. The molecule has 6 rings (SSSR count). The summed E-state index contributed by atoms with van der Waals surface area (Å²) in [5, 5.41) is 8.15. The largest absolute Gasteiger partial charge is 0.341 e. The van der Waals surface area contributed by atoms with Gasteiger partial charge in [0, 0.05) is 27.1 Å². The number of carbonyl (C=O) groups is 2. The normalized spacial score (nSPS) is 16.8. The molecular formula is C34H28BrN5O2. The van der Waals surface area contributed by atoms with Gasteiger partial charge >= 0.3 is 0 Å². The molecule has 0 saturated heterocycles. The van der Waals surface area contributed by atoms with Gasteiger partial charge < -0.3 is 9.88 Å². The minimum absolute atomic E-state index is 0.0209. The summed E-state index contributed by atoms with van der Waals surface area (Å²) in [7, 11) is 0. The average Bonchev–Trinajstić information content (AvgIpc) is 3.35. The van der Waals surface area contributed by atoms with Crippen LogP contribution in [0.5, 0.6) is 0 Å². The number of hydrogen-bond acceptors (Lipinski definition) is 4. The van der Waals surface area contributed by atoms with Crippen LogP contribution in [0.25, 0.3) is 10.9 Å². The smallest absolute Gasteiger partial charge is 0.270 e. The van der Waals surface area contributed by atoms with Crippen LogP contribution < -0.4 is 10.7 Å². The summed E-state index contributed by atoms with van der Waals surface area (Å²) in [6, 6.07) is 32.9. The minimum atomic E-state index is -0.328. The van der Waals surface area contributed by atoms with Crippen molar-refractivity contribution in [3.63, 3.8) is 0 Å². The van der Waals surface area contributed by atoms with Crippen molar-refractivity contribution in [2.24, 2.45) is 10.1 Å². The lowest BCUT2D eigenvalue weighted by atomic mass is 9.91. The number of nitrogens with one attached hydrogen (secondary N) is 2. The van der Waals surface area contributed by atoms with Crippen molar-refractivity contribution in [2.45, 2.75) is 25.6 Å². The summed E-state index contributed by atoms with van der Waals surface area (Å²) in [4.78, 5) is 31.6. The Kier molecular flexibility index (Phi) is 7.79. The van der Waals surface area contributed by atoms with E-state index in [0.717, 1.165) is 37.6 Å². The summed E-state index contributed by atoms with van der Waals surface area (Å²) in [5.41, 5.74) is 8.43. The van der Waals surface area contributed by atoms with Crippen LogP contribution in [0.1, 0.15) is 39.9 Å². The lowest BCUT2D eigenvalue weighted by molar-refractivity contribution is -0.121. The number of nitrogens with zero attached hydrogens (tertiary/aromatic N) is 3. The van der Waals surface area contributed by atoms with Crippen LogP contribution in [0.3, 0.4) is 0 Å². The number of amides is 2. The SMILES string of the molecule is Cc1ccc(/C=N/NC(=O)Cn2cc(C3=N[C@@H](c4ccccc4)[C@H](c4ccccc4)NC3=O)c3cc(Br)ccc32)cc1. The van der Waals surface area contributed by atoms with Crippen LogP contribution in [-0.4, -0.2) is 28.3 Å². The second-order valence-electron chi connectivity index (χ2n) is 10.2. The number of aryl methyl sites for hydroxylation is 1. The van der Waals surface area contributed by atoms with Gasteiger partial charge in [-0.05, 0) is 41.8 Å². The molecule has 2 heterocycles. The van der Waals surface area contributed by atoms with Crippen molar-refractivity contribution in [3.8, 4) is 0 Å². The maximum atomic E-state index is 13.7. The van der Waals surface area contributed by atoms with Crippen LogP contribution in [0.2, 0.25) is 0 Å². The van der Waals surface area contributed by atoms with Crippen molar-refractivity contribution in [3.05, 3.63) is 142 Å². The molecule has 0 saturated carbocycles. The Hall–Kier alpha value is -4.82. The van der Waals surface area contributed by atoms with E-state index < -0.39 is 0 Å². The van der Waals surface area contributed by atoms with Crippen molar-refractivity contribution in [2.75, 3.05) is 0 Å². The number of hydrazone groups is 1. The zero-order valence-electron chi connectivity index (χ0n) is 22.9. The number of benzene rings is 4. The molecule has 0 aliphatic carbocycles. The van der Waals surface area contributed by atoms with Gasteiger partial charge in [-0.25, -0.2) is 5.43 Å². The quantitative estimate of drug-likeness (QED) is 0.167. The Labute approximate surface area is 252 Å². The molecule has 42 heavy (non-hydrogen) atoms. The highest BCUT2D eigenvalue weighted by molar-refractivity contribution is 9.10. The Morgan fingerprint density at radius 2 is 1.67 bits per heavy atom. The van der Waals surface area contributed by atoms with E-state index in [0.29, 0.717) is 11.3 Å². The first-order valence-electron chi connectivity index (χ1n) is 13.6. The number of aliphatic imine (C=N–C) groups is 1. The predicted octanol–water partition coefficient (Wildman–Crippen LogP) is 6.26. The Balaban J connectivity index is 1.35. The zero-order valence-corrected chi connectivity index (χ0v) is 24.5. The summed E-state index contributed by atoms with van der Waals surface area (Å²) in [6.07, 6.45) is 3.44. The highest BCUT2D eigenvalue weighted by Gasteiger charge is 2.34. The highest BCUT2D eigenvalue weighted by Crippen LogP contribution is 2.37. The first-order chi connectivity index (χ1) is 20.5. The Bertz CT molecular complexity index is 1810. The van der Waals surface area contributed by atoms with Crippen LogP contribution in [0.15, 0.2) is 124 Å². The fraction of sp³-hybridized carbons (Fsp3) is 0.118. The van der Waals surface area contributed by atoms with E-state index in [9.17, 15) is 9.59 Å². The summed E-state index contributed by atoms with van der Waals surface area (Å²) >= 11 is 3.57.